The Kier molecular flexibility index (Phi) is 5.49. The van der Waals surface area contributed by atoms with Crippen LogP contribution in [0.5, 0.6) is 11.6 Å². The van der Waals surface area contributed by atoms with Crippen molar-refractivity contribution in [1.29, 1.82) is 0 Å². The Bertz CT molecular complexity index is 1150. The highest BCUT2D eigenvalue weighted by Gasteiger charge is 2.19. The van der Waals surface area contributed by atoms with Gasteiger partial charge >= 0.3 is 0 Å². The summed E-state index contributed by atoms with van der Waals surface area (Å²) >= 11 is 0. The van der Waals surface area contributed by atoms with Gasteiger partial charge in [0.2, 0.25) is 5.88 Å². The number of hydrogen-bond acceptors (Lipinski definition) is 6. The van der Waals surface area contributed by atoms with Crippen molar-refractivity contribution in [2.45, 2.75) is 13.3 Å². The van der Waals surface area contributed by atoms with Gasteiger partial charge in [-0.2, -0.15) is 0 Å². The Morgan fingerprint density at radius 1 is 1.00 bits per heavy atom. The maximum atomic E-state index is 14.9. The highest BCUT2D eigenvalue weighted by molar-refractivity contribution is 5.66. The number of nitrogens with one attached hydrogen (secondary N) is 1. The summed E-state index contributed by atoms with van der Waals surface area (Å²) in [5.74, 6) is 0.677. The molecule has 0 unspecified atom stereocenters. The molecule has 1 aliphatic carbocycles. The third-order valence-electron chi connectivity index (χ3n) is 5.96. The molecule has 2 aliphatic rings. The number of aromatic nitrogens is 2. The zero-order valence-electron chi connectivity index (χ0n) is 18.3. The van der Waals surface area contributed by atoms with Crippen molar-refractivity contribution in [2.75, 3.05) is 43.4 Å². The summed E-state index contributed by atoms with van der Waals surface area (Å²) in [5, 5.41) is 3.27. The minimum Gasteiger partial charge on any atom is -0.436 e. The van der Waals surface area contributed by atoms with Crippen LogP contribution in [0.3, 0.4) is 0 Å². The molecule has 164 valence electrons. The number of piperazine rings is 1. The number of anilines is 3. The molecule has 0 spiro atoms. The number of hydrogen-bond donors (Lipinski definition) is 1. The van der Waals surface area contributed by atoms with E-state index in [1.54, 1.807) is 12.1 Å². The second kappa shape index (κ2) is 8.59. The fourth-order valence-electron chi connectivity index (χ4n) is 4.14. The fraction of sp³-hybridized carbons (Fsp3) is 0.280. The first kappa shape index (κ1) is 20.5. The molecule has 1 fully saturated rings. The highest BCUT2D eigenvalue weighted by atomic mass is 19.1. The predicted octanol–water partition coefficient (Wildman–Crippen LogP) is 4.86. The number of allylic oxidation sites excluding steroid dienone is 1. The standard InChI is InChI=1S/C25H26FN5O/c1-17-13-18-3-8-22(25(26)21(18)14-17)32-24-15-23(27-16-28-24)29-19-4-6-20(7-5-19)31-11-9-30(2)10-12-31/h3-8,14-16H,9-13H2,1-2H3,(H,27,28,29). The van der Waals surface area contributed by atoms with E-state index >= 15 is 0 Å². The topological polar surface area (TPSA) is 53.5 Å². The van der Waals surface area contributed by atoms with E-state index in [0.717, 1.165) is 49.4 Å². The van der Waals surface area contributed by atoms with Crippen molar-refractivity contribution in [1.82, 2.24) is 14.9 Å². The Balaban J connectivity index is 1.27. The SMILES string of the molecule is CC1=Cc2c(ccc(Oc3cc(Nc4ccc(N5CCN(C)CC5)cc4)ncn3)c2F)C1. The Morgan fingerprint density at radius 3 is 2.56 bits per heavy atom. The third kappa shape index (κ3) is 4.29. The first-order chi connectivity index (χ1) is 15.5. The van der Waals surface area contributed by atoms with Crippen molar-refractivity contribution in [3.05, 3.63) is 71.3 Å². The Morgan fingerprint density at radius 2 is 1.78 bits per heavy atom. The number of ether oxygens (including phenoxy) is 1. The summed E-state index contributed by atoms with van der Waals surface area (Å²) in [6.45, 7) is 6.21. The van der Waals surface area contributed by atoms with Gasteiger partial charge in [-0.1, -0.05) is 17.7 Å². The van der Waals surface area contributed by atoms with Crippen LogP contribution in [0, 0.1) is 5.82 Å². The predicted molar refractivity (Wildman–Crippen MR) is 125 cm³/mol. The smallest absolute Gasteiger partial charge is 0.224 e. The molecule has 32 heavy (non-hydrogen) atoms. The third-order valence-corrected chi connectivity index (χ3v) is 5.96. The van der Waals surface area contributed by atoms with Gasteiger partial charge in [0, 0.05) is 49.2 Å². The Hall–Kier alpha value is -3.45. The second-order valence-electron chi connectivity index (χ2n) is 8.42. The lowest BCUT2D eigenvalue weighted by Gasteiger charge is -2.34. The van der Waals surface area contributed by atoms with Crippen molar-refractivity contribution >= 4 is 23.3 Å². The molecule has 0 radical (unpaired) electrons. The lowest BCUT2D eigenvalue weighted by molar-refractivity contribution is 0.313. The van der Waals surface area contributed by atoms with Crippen LogP contribution >= 0.6 is 0 Å². The van der Waals surface area contributed by atoms with Crippen LogP contribution in [0.15, 0.2) is 54.4 Å². The van der Waals surface area contributed by atoms with Crippen LogP contribution in [0.1, 0.15) is 18.1 Å². The normalized spacial score (nSPS) is 16.0. The first-order valence-corrected chi connectivity index (χ1v) is 10.8. The van der Waals surface area contributed by atoms with E-state index in [1.807, 2.05) is 31.2 Å². The molecule has 6 nitrogen and oxygen atoms in total. The van der Waals surface area contributed by atoms with Crippen molar-refractivity contribution in [3.63, 3.8) is 0 Å². The summed E-state index contributed by atoms with van der Waals surface area (Å²) in [7, 11) is 2.15. The van der Waals surface area contributed by atoms with Crippen LogP contribution in [-0.2, 0) is 6.42 Å². The molecule has 2 aromatic carbocycles. The molecule has 0 bridgehead atoms. The van der Waals surface area contributed by atoms with Crippen LogP contribution in [0.4, 0.5) is 21.6 Å². The molecule has 1 N–H and O–H groups in total. The summed E-state index contributed by atoms with van der Waals surface area (Å²) in [6.07, 6.45) is 4.06. The van der Waals surface area contributed by atoms with Crippen molar-refractivity contribution < 1.29 is 9.13 Å². The average Bonchev–Trinajstić information content (AvgIpc) is 3.18. The average molecular weight is 432 g/mol. The van der Waals surface area contributed by atoms with Gasteiger partial charge in [0.15, 0.2) is 11.6 Å². The maximum absolute atomic E-state index is 14.9. The monoisotopic (exact) mass is 431 g/mol. The van der Waals surface area contributed by atoms with E-state index in [9.17, 15) is 4.39 Å². The van der Waals surface area contributed by atoms with E-state index in [1.165, 1.54) is 12.0 Å². The van der Waals surface area contributed by atoms with Crippen LogP contribution in [-0.4, -0.2) is 48.1 Å². The van der Waals surface area contributed by atoms with Crippen LogP contribution < -0.4 is 15.0 Å². The van der Waals surface area contributed by atoms with Gasteiger partial charge in [0.25, 0.3) is 0 Å². The minimum atomic E-state index is -0.355. The maximum Gasteiger partial charge on any atom is 0.224 e. The van der Waals surface area contributed by atoms with E-state index in [-0.39, 0.29) is 17.4 Å². The second-order valence-corrected chi connectivity index (χ2v) is 8.42. The molecule has 0 amide bonds. The fourth-order valence-corrected chi connectivity index (χ4v) is 4.14. The molecule has 7 heteroatoms. The molecule has 0 atom stereocenters. The first-order valence-electron chi connectivity index (χ1n) is 10.8. The van der Waals surface area contributed by atoms with Crippen molar-refractivity contribution in [3.8, 4) is 11.6 Å². The number of likely N-dealkylation sites (N-methyl/N-ethyl adjacent to an activating group) is 1. The molecule has 1 saturated heterocycles. The van der Waals surface area contributed by atoms with Gasteiger partial charge in [-0.05, 0) is 56.3 Å². The molecule has 5 rings (SSSR count). The number of nitrogens with zero attached hydrogens (tertiary/aromatic N) is 4. The number of benzene rings is 2. The van der Waals surface area contributed by atoms with Gasteiger partial charge in [-0.3, -0.25) is 0 Å². The molecular formula is C25H26FN5O. The van der Waals surface area contributed by atoms with E-state index < -0.39 is 0 Å². The Labute approximate surface area is 187 Å². The number of halogens is 1. The highest BCUT2D eigenvalue weighted by Crippen LogP contribution is 2.34. The van der Waals surface area contributed by atoms with Gasteiger partial charge in [0.05, 0.1) is 0 Å². The summed E-state index contributed by atoms with van der Waals surface area (Å²) in [4.78, 5) is 13.1. The minimum absolute atomic E-state index is 0.163. The molecule has 0 saturated carbocycles. The quantitative estimate of drug-likeness (QED) is 0.623. The zero-order valence-corrected chi connectivity index (χ0v) is 18.3. The molecule has 2 heterocycles. The van der Waals surface area contributed by atoms with Gasteiger partial charge in [0.1, 0.15) is 12.1 Å². The van der Waals surface area contributed by atoms with Gasteiger partial charge in [-0.15, -0.1) is 0 Å². The van der Waals surface area contributed by atoms with Crippen LogP contribution in [0.2, 0.25) is 0 Å². The van der Waals surface area contributed by atoms with E-state index in [0.29, 0.717) is 11.4 Å². The lowest BCUT2D eigenvalue weighted by Crippen LogP contribution is -2.44. The molecule has 1 aliphatic heterocycles. The number of fused-ring (bicyclic) bond motifs is 1. The van der Waals surface area contributed by atoms with Crippen LogP contribution in [0.25, 0.3) is 6.08 Å². The molecule has 3 aromatic rings. The largest absolute Gasteiger partial charge is 0.436 e. The molecular weight excluding hydrogens is 405 g/mol. The summed E-state index contributed by atoms with van der Waals surface area (Å²) in [5.41, 5.74) is 4.86. The lowest BCUT2D eigenvalue weighted by atomic mass is 10.1. The van der Waals surface area contributed by atoms with E-state index in [4.69, 9.17) is 4.74 Å². The summed E-state index contributed by atoms with van der Waals surface area (Å²) in [6, 6.07) is 13.5. The molecule has 1 aromatic heterocycles. The van der Waals surface area contributed by atoms with Gasteiger partial charge in [-0.25, -0.2) is 14.4 Å². The van der Waals surface area contributed by atoms with E-state index in [2.05, 4.69) is 44.3 Å². The van der Waals surface area contributed by atoms with Gasteiger partial charge < -0.3 is 19.9 Å². The summed E-state index contributed by atoms with van der Waals surface area (Å²) < 4.78 is 20.6. The zero-order chi connectivity index (χ0) is 22.1. The number of rotatable bonds is 5. The van der Waals surface area contributed by atoms with Crippen molar-refractivity contribution in [2.24, 2.45) is 0 Å².